The lowest BCUT2D eigenvalue weighted by molar-refractivity contribution is -0.116. The van der Waals surface area contributed by atoms with Gasteiger partial charge in [0, 0.05) is 6.42 Å². The molecule has 0 unspecified atom stereocenters. The van der Waals surface area contributed by atoms with Crippen LogP contribution < -0.4 is 0 Å². The van der Waals surface area contributed by atoms with E-state index < -0.39 is 0 Å². The first-order chi connectivity index (χ1) is 19.6. The molecular weight excluding hydrogens is 512 g/mol. The highest BCUT2D eigenvalue weighted by Crippen LogP contribution is 2.41. The molecule has 1 atom stereocenters. The molecule has 226 valence electrons. The van der Waals surface area contributed by atoms with Crippen molar-refractivity contribution in [1.29, 1.82) is 0 Å². The molecule has 0 radical (unpaired) electrons. The molecule has 0 aromatic carbocycles. The minimum Gasteiger partial charge on any atom is -0.393 e. The van der Waals surface area contributed by atoms with Crippen LogP contribution >= 0.6 is 0 Å². The third-order valence-electron chi connectivity index (χ3n) is 8.30. The largest absolute Gasteiger partial charge is 0.393 e. The van der Waals surface area contributed by atoms with Crippen LogP contribution in [0.5, 0.6) is 0 Å². The first-order valence-corrected chi connectivity index (χ1v) is 15.3. The summed E-state index contributed by atoms with van der Waals surface area (Å²) in [6.45, 7) is 21.4. The second kappa shape index (κ2) is 15.8. The third kappa shape index (κ3) is 11.2. The number of aliphatic hydroxyl groups excluding tert-OH is 1. The molecule has 0 aromatic rings. The molecule has 2 aliphatic carbocycles. The highest BCUT2D eigenvalue weighted by Gasteiger charge is 2.32. The summed E-state index contributed by atoms with van der Waals surface area (Å²) in [4.78, 5) is 12.2. The predicted octanol–water partition coefficient (Wildman–Crippen LogP) is 10.8. The second-order valence-corrected chi connectivity index (χ2v) is 13.4. The number of hydrogen-bond acceptors (Lipinski definition) is 2. The van der Waals surface area contributed by atoms with E-state index >= 15 is 0 Å². The zero-order valence-electron chi connectivity index (χ0n) is 27.8. The monoisotopic (exact) mass is 566 g/mol. The van der Waals surface area contributed by atoms with E-state index in [2.05, 4.69) is 147 Å². The van der Waals surface area contributed by atoms with E-state index in [1.54, 1.807) is 0 Å². The fraction of sp³-hybridized carbons (Fsp3) is 0.425. The molecule has 0 amide bonds. The number of allylic oxidation sites excluding steroid dienone is 21. The molecule has 42 heavy (non-hydrogen) atoms. The van der Waals surface area contributed by atoms with Crippen molar-refractivity contribution in [3.8, 4) is 0 Å². The van der Waals surface area contributed by atoms with Gasteiger partial charge in [-0.25, -0.2) is 0 Å². The molecule has 0 fully saturated rings. The van der Waals surface area contributed by atoms with Gasteiger partial charge in [-0.2, -0.15) is 0 Å². The summed E-state index contributed by atoms with van der Waals surface area (Å²) in [5.74, 6) is 0.274. The van der Waals surface area contributed by atoms with Gasteiger partial charge in [0.1, 0.15) is 0 Å². The first kappa shape index (κ1) is 35.0. The molecule has 2 nitrogen and oxygen atoms in total. The normalized spacial score (nSPS) is 23.3. The van der Waals surface area contributed by atoms with Crippen LogP contribution in [0.4, 0.5) is 0 Å². The Morgan fingerprint density at radius 3 is 1.64 bits per heavy atom. The van der Waals surface area contributed by atoms with Gasteiger partial charge in [-0.05, 0) is 88.4 Å². The van der Waals surface area contributed by atoms with Crippen LogP contribution in [-0.4, -0.2) is 17.0 Å². The van der Waals surface area contributed by atoms with Gasteiger partial charge in [0.2, 0.25) is 0 Å². The van der Waals surface area contributed by atoms with Gasteiger partial charge >= 0.3 is 0 Å². The van der Waals surface area contributed by atoms with E-state index in [9.17, 15) is 9.90 Å². The molecule has 2 aliphatic rings. The van der Waals surface area contributed by atoms with Gasteiger partial charge in [-0.15, -0.1) is 0 Å². The third-order valence-corrected chi connectivity index (χ3v) is 8.30. The molecule has 0 spiro atoms. The Morgan fingerprint density at radius 2 is 1.14 bits per heavy atom. The summed E-state index contributed by atoms with van der Waals surface area (Å²) >= 11 is 0. The molecule has 0 aromatic heterocycles. The van der Waals surface area contributed by atoms with E-state index in [1.165, 1.54) is 27.9 Å². The summed E-state index contributed by atoms with van der Waals surface area (Å²) in [7, 11) is 0. The van der Waals surface area contributed by atoms with Gasteiger partial charge < -0.3 is 5.11 Å². The van der Waals surface area contributed by atoms with Crippen molar-refractivity contribution in [3.63, 3.8) is 0 Å². The van der Waals surface area contributed by atoms with Gasteiger partial charge in [-0.1, -0.05) is 141 Å². The lowest BCUT2D eigenvalue weighted by Crippen LogP contribution is -2.28. The van der Waals surface area contributed by atoms with Crippen molar-refractivity contribution in [2.75, 3.05) is 0 Å². The minimum atomic E-state index is -0.229. The first-order valence-electron chi connectivity index (χ1n) is 15.3. The summed E-state index contributed by atoms with van der Waals surface area (Å²) in [5, 5.41) is 10.1. The maximum atomic E-state index is 12.2. The number of hydrogen-bond donors (Lipinski definition) is 1. The predicted molar refractivity (Wildman–Crippen MR) is 183 cm³/mol. The van der Waals surface area contributed by atoms with Crippen LogP contribution in [0.25, 0.3) is 0 Å². The van der Waals surface area contributed by atoms with Crippen LogP contribution in [0, 0.1) is 10.8 Å². The number of ketones is 1. The molecule has 2 rings (SSSR count). The SMILES string of the molecule is CC1=C(/C=C/C(C)=C/C=C/C(C)=C/C=C/C=C(C)/C=C/C=C(C)/C=C/C2=C(C)C(=O)CCC2(C)C)C(C)(C)C[C@H](O)C1. The Bertz CT molecular complexity index is 1330. The molecule has 1 N–H and O–H groups in total. The Morgan fingerprint density at radius 1 is 0.690 bits per heavy atom. The number of carbonyl (C=O) groups excluding carboxylic acids is 1. The number of aliphatic hydroxyl groups is 1. The molecule has 0 aliphatic heterocycles. The van der Waals surface area contributed by atoms with Crippen molar-refractivity contribution in [2.45, 2.75) is 101 Å². The molecule has 0 heterocycles. The Labute approximate surface area is 256 Å². The topological polar surface area (TPSA) is 37.3 Å². The number of rotatable bonds is 10. The summed E-state index contributed by atoms with van der Waals surface area (Å²) in [6.07, 6.45) is 32.5. The average molecular weight is 567 g/mol. The quantitative estimate of drug-likeness (QED) is 0.267. The maximum Gasteiger partial charge on any atom is 0.158 e. The summed E-state index contributed by atoms with van der Waals surface area (Å²) in [6, 6.07) is 0. The number of Topliss-reactive ketones (excluding diaryl/α,β-unsaturated/α-hetero) is 1. The fourth-order valence-corrected chi connectivity index (χ4v) is 5.71. The van der Waals surface area contributed by atoms with Crippen LogP contribution in [0.1, 0.15) is 94.9 Å². The molecular formula is C40H54O2. The molecule has 0 bridgehead atoms. The van der Waals surface area contributed by atoms with Crippen LogP contribution in [-0.2, 0) is 4.79 Å². The second-order valence-electron chi connectivity index (χ2n) is 13.4. The zero-order chi connectivity index (χ0) is 31.5. The van der Waals surface area contributed by atoms with E-state index in [4.69, 9.17) is 0 Å². The van der Waals surface area contributed by atoms with Gasteiger partial charge in [0.05, 0.1) is 6.10 Å². The highest BCUT2D eigenvalue weighted by molar-refractivity contribution is 5.97. The Hall–Kier alpha value is -3.23. The van der Waals surface area contributed by atoms with Crippen LogP contribution in [0.15, 0.2) is 130 Å². The van der Waals surface area contributed by atoms with E-state index in [0.29, 0.717) is 6.42 Å². The lowest BCUT2D eigenvalue weighted by atomic mass is 9.71. The Kier molecular flexibility index (Phi) is 13.2. The van der Waals surface area contributed by atoms with Crippen LogP contribution in [0.2, 0.25) is 0 Å². The van der Waals surface area contributed by atoms with Gasteiger partial charge in [0.25, 0.3) is 0 Å². The van der Waals surface area contributed by atoms with Crippen molar-refractivity contribution < 1.29 is 9.90 Å². The highest BCUT2D eigenvalue weighted by atomic mass is 16.3. The number of carbonyl (C=O) groups is 1. The standard InChI is InChI=1S/C40H54O2/c1-29(17-13-19-31(3)21-23-36-33(5)27-35(41)28-40(36,9)10)15-11-12-16-30(2)18-14-20-32(4)22-24-37-34(6)38(42)25-26-39(37,7)8/h11-24,35,41H,25-28H2,1-10H3/b12-11+,17-13+,18-14+,23-21+,24-22+,29-15+,30-16+,31-19+,32-20+/t35-/m1/s1. The molecule has 0 saturated heterocycles. The van der Waals surface area contributed by atoms with E-state index in [-0.39, 0.29) is 22.7 Å². The lowest BCUT2D eigenvalue weighted by Gasteiger charge is -2.35. The molecule has 2 heteroatoms. The average Bonchev–Trinajstić information content (AvgIpc) is 2.87. The van der Waals surface area contributed by atoms with Crippen molar-refractivity contribution in [1.82, 2.24) is 0 Å². The van der Waals surface area contributed by atoms with Crippen molar-refractivity contribution in [2.24, 2.45) is 10.8 Å². The van der Waals surface area contributed by atoms with Crippen LogP contribution in [0.3, 0.4) is 0 Å². The smallest absolute Gasteiger partial charge is 0.158 e. The van der Waals surface area contributed by atoms with Crippen molar-refractivity contribution >= 4 is 5.78 Å². The van der Waals surface area contributed by atoms with Crippen molar-refractivity contribution in [3.05, 3.63) is 130 Å². The minimum absolute atomic E-state index is 0.00248. The van der Waals surface area contributed by atoms with Gasteiger partial charge in [0.15, 0.2) is 5.78 Å². The summed E-state index contributed by atoms with van der Waals surface area (Å²) in [5.41, 5.74) is 9.44. The van der Waals surface area contributed by atoms with E-state index in [1.807, 2.05) is 6.92 Å². The van der Waals surface area contributed by atoms with Gasteiger partial charge in [-0.3, -0.25) is 4.79 Å². The fourth-order valence-electron chi connectivity index (χ4n) is 5.71. The zero-order valence-corrected chi connectivity index (χ0v) is 27.8. The Balaban J connectivity index is 1.92. The maximum absolute atomic E-state index is 12.2. The van der Waals surface area contributed by atoms with E-state index in [0.717, 1.165) is 36.0 Å². The summed E-state index contributed by atoms with van der Waals surface area (Å²) < 4.78 is 0. The molecule has 0 saturated carbocycles.